The van der Waals surface area contributed by atoms with Crippen molar-refractivity contribution >= 4 is 21.6 Å². The number of nitrogens with zero attached hydrogens (tertiary/aromatic N) is 1. The zero-order valence-electron chi connectivity index (χ0n) is 14.9. The molecular weight excluding hydrogens is 340 g/mol. The number of carbonyl (C=O) groups excluding carboxylic acids is 1. The summed E-state index contributed by atoms with van der Waals surface area (Å²) in [5, 5.41) is 3.09. The van der Waals surface area contributed by atoms with E-state index in [0.717, 1.165) is 25.0 Å². The van der Waals surface area contributed by atoms with Crippen molar-refractivity contribution in [2.75, 3.05) is 17.7 Å². The van der Waals surface area contributed by atoms with E-state index < -0.39 is 16.1 Å². The molecule has 2 aliphatic rings. The SMILES string of the molecule is COc1ccc(N([C@H](C)C(=O)N[C@@H]2C[C@@H]3CC[C@@H]2C3)S(C)(=O)=O)cc1. The van der Waals surface area contributed by atoms with E-state index >= 15 is 0 Å². The normalized spacial score (nSPS) is 26.3. The summed E-state index contributed by atoms with van der Waals surface area (Å²) in [5.41, 5.74) is 0.457. The van der Waals surface area contributed by atoms with E-state index in [2.05, 4.69) is 5.32 Å². The molecule has 3 rings (SSSR count). The van der Waals surface area contributed by atoms with Crippen LogP contribution in [0.15, 0.2) is 24.3 Å². The monoisotopic (exact) mass is 366 g/mol. The Morgan fingerprint density at radius 1 is 1.24 bits per heavy atom. The van der Waals surface area contributed by atoms with Gasteiger partial charge in [-0.25, -0.2) is 8.42 Å². The molecule has 6 nitrogen and oxygen atoms in total. The molecule has 0 unspecified atom stereocenters. The lowest BCUT2D eigenvalue weighted by atomic mass is 9.95. The van der Waals surface area contributed by atoms with Gasteiger partial charge < -0.3 is 10.1 Å². The maximum Gasteiger partial charge on any atom is 0.243 e. The lowest BCUT2D eigenvalue weighted by Gasteiger charge is -2.31. The van der Waals surface area contributed by atoms with Crippen LogP contribution in [0.25, 0.3) is 0 Å². The van der Waals surface area contributed by atoms with Crippen molar-refractivity contribution in [3.05, 3.63) is 24.3 Å². The first kappa shape index (κ1) is 18.0. The molecule has 1 aromatic rings. The van der Waals surface area contributed by atoms with Crippen LogP contribution in [0.1, 0.15) is 32.6 Å². The Morgan fingerprint density at radius 2 is 1.92 bits per heavy atom. The summed E-state index contributed by atoms with van der Waals surface area (Å²) in [6.45, 7) is 1.63. The van der Waals surface area contributed by atoms with Crippen LogP contribution in [-0.2, 0) is 14.8 Å². The number of nitrogens with one attached hydrogen (secondary N) is 1. The molecule has 2 bridgehead atoms. The predicted molar refractivity (Wildman–Crippen MR) is 97.2 cm³/mol. The average molecular weight is 366 g/mol. The van der Waals surface area contributed by atoms with Gasteiger partial charge in [-0.15, -0.1) is 0 Å². The topological polar surface area (TPSA) is 75.7 Å². The Kier molecular flexibility index (Phi) is 4.95. The van der Waals surface area contributed by atoms with E-state index in [1.807, 2.05) is 0 Å². The fourth-order valence-corrected chi connectivity index (χ4v) is 5.44. The number of benzene rings is 1. The molecule has 1 aromatic carbocycles. The third-order valence-corrected chi connectivity index (χ3v) is 6.72. The largest absolute Gasteiger partial charge is 0.497 e. The first-order valence-electron chi connectivity index (χ1n) is 8.73. The van der Waals surface area contributed by atoms with Gasteiger partial charge in [0.15, 0.2) is 0 Å². The summed E-state index contributed by atoms with van der Waals surface area (Å²) in [4.78, 5) is 12.7. The minimum atomic E-state index is -3.59. The van der Waals surface area contributed by atoms with Crippen LogP contribution >= 0.6 is 0 Å². The molecule has 0 radical (unpaired) electrons. The van der Waals surface area contributed by atoms with Gasteiger partial charge in [0.1, 0.15) is 11.8 Å². The van der Waals surface area contributed by atoms with Crippen LogP contribution in [0.3, 0.4) is 0 Å². The van der Waals surface area contributed by atoms with Crippen LogP contribution in [0.5, 0.6) is 5.75 Å². The van der Waals surface area contributed by atoms with E-state index in [4.69, 9.17) is 4.74 Å². The maximum absolute atomic E-state index is 12.7. The minimum absolute atomic E-state index is 0.186. The highest BCUT2D eigenvalue weighted by molar-refractivity contribution is 7.92. The second-order valence-electron chi connectivity index (χ2n) is 7.22. The average Bonchev–Trinajstić information content (AvgIpc) is 3.17. The summed E-state index contributed by atoms with van der Waals surface area (Å²) in [6.07, 6.45) is 5.75. The van der Waals surface area contributed by atoms with Gasteiger partial charge in [-0.05, 0) is 62.3 Å². The van der Waals surface area contributed by atoms with E-state index in [0.29, 0.717) is 17.4 Å². The smallest absolute Gasteiger partial charge is 0.243 e. The number of amides is 1. The third kappa shape index (κ3) is 3.76. The van der Waals surface area contributed by atoms with Gasteiger partial charge in [0.05, 0.1) is 19.1 Å². The number of rotatable bonds is 6. The molecule has 2 fully saturated rings. The van der Waals surface area contributed by atoms with Crippen molar-refractivity contribution in [1.82, 2.24) is 5.32 Å². The fraction of sp³-hybridized carbons (Fsp3) is 0.611. The fourth-order valence-electron chi connectivity index (χ4n) is 4.26. The van der Waals surface area contributed by atoms with Gasteiger partial charge in [-0.1, -0.05) is 6.42 Å². The summed E-state index contributed by atoms with van der Waals surface area (Å²) in [6, 6.07) is 6.07. The minimum Gasteiger partial charge on any atom is -0.497 e. The zero-order chi connectivity index (χ0) is 18.2. The van der Waals surface area contributed by atoms with E-state index in [1.54, 1.807) is 38.3 Å². The van der Waals surface area contributed by atoms with E-state index in [-0.39, 0.29) is 11.9 Å². The molecule has 7 heteroatoms. The zero-order valence-corrected chi connectivity index (χ0v) is 15.8. The number of carbonyl (C=O) groups is 1. The van der Waals surface area contributed by atoms with Crippen molar-refractivity contribution < 1.29 is 17.9 Å². The quantitative estimate of drug-likeness (QED) is 0.837. The van der Waals surface area contributed by atoms with Crippen LogP contribution in [0.2, 0.25) is 0 Å². The van der Waals surface area contributed by atoms with Crippen molar-refractivity contribution in [3.63, 3.8) is 0 Å². The van der Waals surface area contributed by atoms with Gasteiger partial charge >= 0.3 is 0 Å². The molecule has 0 heterocycles. The standard InChI is InChI=1S/C18H26N2O4S/c1-12(18(21)19-17-11-13-4-5-14(17)10-13)20(25(3,22)23)15-6-8-16(24-2)9-7-15/h6-9,12-14,17H,4-5,10-11H2,1-3H3,(H,19,21)/t12-,13-,14-,17-/m1/s1. The third-order valence-electron chi connectivity index (χ3n) is 5.48. The highest BCUT2D eigenvalue weighted by Crippen LogP contribution is 2.44. The molecule has 0 spiro atoms. The van der Waals surface area contributed by atoms with Crippen molar-refractivity contribution in [3.8, 4) is 5.75 Å². The van der Waals surface area contributed by atoms with Gasteiger partial charge in [-0.2, -0.15) is 0 Å². The number of hydrogen-bond donors (Lipinski definition) is 1. The maximum atomic E-state index is 12.7. The molecule has 2 aliphatic carbocycles. The Hall–Kier alpha value is -1.76. The molecule has 1 amide bonds. The molecule has 1 N–H and O–H groups in total. The van der Waals surface area contributed by atoms with Crippen LogP contribution in [0.4, 0.5) is 5.69 Å². The molecular formula is C18H26N2O4S. The van der Waals surface area contributed by atoms with Crippen molar-refractivity contribution in [2.45, 2.75) is 44.7 Å². The number of anilines is 1. The summed E-state index contributed by atoms with van der Waals surface area (Å²) >= 11 is 0. The molecule has 2 saturated carbocycles. The Balaban J connectivity index is 1.76. The number of sulfonamides is 1. The van der Waals surface area contributed by atoms with Crippen molar-refractivity contribution in [2.24, 2.45) is 11.8 Å². The molecule has 0 saturated heterocycles. The second kappa shape index (κ2) is 6.86. The van der Waals surface area contributed by atoms with Gasteiger partial charge in [-0.3, -0.25) is 9.10 Å². The second-order valence-corrected chi connectivity index (χ2v) is 9.08. The number of hydrogen-bond acceptors (Lipinski definition) is 4. The van der Waals surface area contributed by atoms with Gasteiger partial charge in [0.2, 0.25) is 15.9 Å². The van der Waals surface area contributed by atoms with E-state index in [9.17, 15) is 13.2 Å². The Labute approximate surface area is 149 Å². The van der Waals surface area contributed by atoms with Gasteiger partial charge in [0, 0.05) is 6.04 Å². The molecule has 0 aliphatic heterocycles. The summed E-state index contributed by atoms with van der Waals surface area (Å²) in [5.74, 6) is 1.67. The van der Waals surface area contributed by atoms with Crippen LogP contribution in [0, 0.1) is 11.8 Å². The van der Waals surface area contributed by atoms with Gasteiger partial charge in [0.25, 0.3) is 0 Å². The molecule has 25 heavy (non-hydrogen) atoms. The number of methoxy groups -OCH3 is 1. The predicted octanol–water partition coefficient (Wildman–Crippen LogP) is 2.15. The first-order chi connectivity index (χ1) is 11.8. The lowest BCUT2D eigenvalue weighted by Crippen LogP contribution is -2.51. The van der Waals surface area contributed by atoms with E-state index in [1.165, 1.54) is 17.1 Å². The summed E-state index contributed by atoms with van der Waals surface area (Å²) < 4.78 is 30.9. The van der Waals surface area contributed by atoms with Crippen molar-refractivity contribution in [1.29, 1.82) is 0 Å². The Bertz CT molecular complexity index is 732. The highest BCUT2D eigenvalue weighted by Gasteiger charge is 2.41. The number of ether oxygens (including phenoxy) is 1. The van der Waals surface area contributed by atoms with Crippen LogP contribution in [-0.4, -0.2) is 39.8 Å². The molecule has 0 aromatic heterocycles. The Morgan fingerprint density at radius 3 is 2.40 bits per heavy atom. The molecule has 138 valence electrons. The molecule has 4 atom stereocenters. The highest BCUT2D eigenvalue weighted by atomic mass is 32.2. The summed E-state index contributed by atoms with van der Waals surface area (Å²) in [7, 11) is -2.04. The lowest BCUT2D eigenvalue weighted by molar-refractivity contribution is -0.122. The number of fused-ring (bicyclic) bond motifs is 2. The first-order valence-corrected chi connectivity index (χ1v) is 10.6. The van der Waals surface area contributed by atoms with Crippen LogP contribution < -0.4 is 14.4 Å².